The zero-order chi connectivity index (χ0) is 22.5. The number of nitrogens with one attached hydrogen (secondary N) is 2. The smallest absolute Gasteiger partial charge is 0.347 e. The Hall–Kier alpha value is -3.12. The van der Waals surface area contributed by atoms with Gasteiger partial charge in [0, 0.05) is 31.2 Å². The lowest BCUT2D eigenvalue weighted by molar-refractivity contribution is -0.136. The molecule has 1 aliphatic rings. The van der Waals surface area contributed by atoms with E-state index in [1.807, 2.05) is 11.9 Å². The van der Waals surface area contributed by atoms with E-state index in [2.05, 4.69) is 35.3 Å². The zero-order valence-electron chi connectivity index (χ0n) is 17.0. The molecular formula is C19H19ClF3N9. The molecule has 0 radical (unpaired) electrons. The maximum Gasteiger partial charge on any atom is 0.421 e. The van der Waals surface area contributed by atoms with Crippen LogP contribution in [0.2, 0.25) is 5.02 Å². The summed E-state index contributed by atoms with van der Waals surface area (Å²) in [7, 11) is 1.99. The molecular weight excluding hydrogens is 447 g/mol. The highest BCUT2D eigenvalue weighted by Crippen LogP contribution is 2.33. The maximum absolute atomic E-state index is 13.5. The average molecular weight is 466 g/mol. The van der Waals surface area contributed by atoms with Crippen LogP contribution in [0.3, 0.4) is 0 Å². The number of aromatic amines is 1. The fraction of sp³-hybridized carbons (Fsp3) is 0.368. The number of hydrogen-bond donors (Lipinski definition) is 2. The van der Waals surface area contributed by atoms with Gasteiger partial charge in [0.15, 0.2) is 5.65 Å². The fourth-order valence-corrected chi connectivity index (χ4v) is 3.78. The number of hydrogen-bond acceptors (Lipinski definition) is 7. The van der Waals surface area contributed by atoms with Crippen molar-refractivity contribution in [2.24, 2.45) is 0 Å². The van der Waals surface area contributed by atoms with Crippen molar-refractivity contribution in [1.82, 2.24) is 34.4 Å². The van der Waals surface area contributed by atoms with E-state index in [1.54, 1.807) is 18.2 Å². The second-order valence-corrected chi connectivity index (χ2v) is 8.06. The average Bonchev–Trinajstić information content (AvgIpc) is 3.35. The first-order valence-electron chi connectivity index (χ1n) is 9.92. The van der Waals surface area contributed by atoms with Crippen LogP contribution in [0.1, 0.15) is 11.4 Å². The Labute approximate surface area is 185 Å². The number of piperazine rings is 1. The molecule has 0 unspecified atom stereocenters. The Morgan fingerprint density at radius 2 is 1.91 bits per heavy atom. The number of rotatable bonds is 4. The Morgan fingerprint density at radius 3 is 2.66 bits per heavy atom. The van der Waals surface area contributed by atoms with Crippen molar-refractivity contribution < 1.29 is 13.2 Å². The van der Waals surface area contributed by atoms with E-state index in [1.165, 1.54) is 0 Å². The number of halogens is 4. The van der Waals surface area contributed by atoms with Crippen LogP contribution in [0.25, 0.3) is 16.7 Å². The molecule has 5 rings (SSSR count). The molecule has 168 valence electrons. The van der Waals surface area contributed by atoms with Crippen LogP contribution in [-0.4, -0.2) is 67.7 Å². The van der Waals surface area contributed by atoms with Gasteiger partial charge in [0.2, 0.25) is 11.9 Å². The van der Waals surface area contributed by atoms with E-state index in [9.17, 15) is 13.2 Å². The molecule has 9 nitrogen and oxygen atoms in total. The first kappa shape index (κ1) is 20.8. The highest BCUT2D eigenvalue weighted by molar-refractivity contribution is 6.31. The number of nitrogens with zero attached hydrogens (tertiary/aromatic N) is 7. The summed E-state index contributed by atoms with van der Waals surface area (Å²) in [6.07, 6.45) is -3.81. The maximum atomic E-state index is 13.5. The Balaban J connectivity index is 1.50. The Bertz CT molecular complexity index is 1270. The van der Waals surface area contributed by atoms with Gasteiger partial charge in [-0.05, 0) is 25.2 Å². The molecule has 0 aliphatic carbocycles. The SMILES string of the molecule is CN1CCN(c2nc(NCc3nc4ccc(Cl)cc4[nH]3)n3ncc(C(F)(F)F)c3n2)CC1. The number of fused-ring (bicyclic) bond motifs is 2. The van der Waals surface area contributed by atoms with Crippen LogP contribution in [0.15, 0.2) is 24.4 Å². The summed E-state index contributed by atoms with van der Waals surface area (Å²) in [4.78, 5) is 20.3. The number of imidazole rings is 1. The minimum Gasteiger partial charge on any atom is -0.347 e. The van der Waals surface area contributed by atoms with Crippen molar-refractivity contribution in [1.29, 1.82) is 0 Å². The Morgan fingerprint density at radius 1 is 1.12 bits per heavy atom. The highest BCUT2D eigenvalue weighted by atomic mass is 35.5. The third-order valence-electron chi connectivity index (χ3n) is 5.35. The van der Waals surface area contributed by atoms with Gasteiger partial charge >= 0.3 is 6.18 Å². The van der Waals surface area contributed by atoms with Crippen LogP contribution in [-0.2, 0) is 12.7 Å². The minimum atomic E-state index is -4.58. The molecule has 13 heteroatoms. The first-order chi connectivity index (χ1) is 15.3. The molecule has 0 atom stereocenters. The normalized spacial score (nSPS) is 15.7. The number of likely N-dealkylation sites (N-methyl/N-ethyl adjacent to an activating group) is 1. The van der Waals surface area contributed by atoms with Crippen LogP contribution in [0, 0.1) is 0 Å². The first-order valence-corrected chi connectivity index (χ1v) is 10.3. The highest BCUT2D eigenvalue weighted by Gasteiger charge is 2.36. The van der Waals surface area contributed by atoms with Gasteiger partial charge in [0.1, 0.15) is 11.4 Å². The van der Waals surface area contributed by atoms with E-state index < -0.39 is 11.7 Å². The predicted octanol–water partition coefficient (Wildman–Crippen LogP) is 3.04. The molecule has 1 saturated heterocycles. The van der Waals surface area contributed by atoms with E-state index in [-0.39, 0.29) is 24.1 Å². The topological polar surface area (TPSA) is 90.3 Å². The summed E-state index contributed by atoms with van der Waals surface area (Å²) < 4.78 is 41.7. The van der Waals surface area contributed by atoms with Crippen LogP contribution >= 0.6 is 11.6 Å². The molecule has 1 aliphatic heterocycles. The van der Waals surface area contributed by atoms with E-state index in [4.69, 9.17) is 11.6 Å². The van der Waals surface area contributed by atoms with Crippen LogP contribution in [0.4, 0.5) is 25.1 Å². The lowest BCUT2D eigenvalue weighted by Crippen LogP contribution is -2.45. The molecule has 0 saturated carbocycles. The molecule has 0 amide bonds. The number of H-pyrrole nitrogens is 1. The monoisotopic (exact) mass is 465 g/mol. The molecule has 32 heavy (non-hydrogen) atoms. The van der Waals surface area contributed by atoms with Crippen molar-refractivity contribution in [2.75, 3.05) is 43.4 Å². The van der Waals surface area contributed by atoms with Crippen molar-refractivity contribution in [2.45, 2.75) is 12.7 Å². The molecule has 4 aromatic rings. The summed E-state index contributed by atoms with van der Waals surface area (Å²) in [6.45, 7) is 2.97. The fourth-order valence-electron chi connectivity index (χ4n) is 3.61. The quantitative estimate of drug-likeness (QED) is 0.478. The van der Waals surface area contributed by atoms with Gasteiger partial charge < -0.3 is 20.1 Å². The van der Waals surface area contributed by atoms with Gasteiger partial charge in [-0.3, -0.25) is 0 Å². The summed E-state index contributed by atoms with van der Waals surface area (Å²) in [6, 6.07) is 5.28. The van der Waals surface area contributed by atoms with Gasteiger partial charge in [-0.2, -0.15) is 32.8 Å². The van der Waals surface area contributed by atoms with Crippen molar-refractivity contribution in [3.63, 3.8) is 0 Å². The molecule has 4 heterocycles. The number of anilines is 2. The van der Waals surface area contributed by atoms with Gasteiger partial charge in [0.25, 0.3) is 0 Å². The van der Waals surface area contributed by atoms with Gasteiger partial charge in [-0.15, -0.1) is 0 Å². The Kier molecular flexibility index (Phi) is 5.05. The number of aromatic nitrogens is 6. The van der Waals surface area contributed by atoms with Gasteiger partial charge in [0.05, 0.1) is 23.8 Å². The van der Waals surface area contributed by atoms with Gasteiger partial charge in [-0.1, -0.05) is 11.6 Å². The second-order valence-electron chi connectivity index (χ2n) is 7.63. The number of alkyl halides is 3. The van der Waals surface area contributed by atoms with E-state index in [0.29, 0.717) is 23.9 Å². The largest absolute Gasteiger partial charge is 0.421 e. The van der Waals surface area contributed by atoms with Crippen molar-refractivity contribution in [3.8, 4) is 0 Å². The lowest BCUT2D eigenvalue weighted by atomic mass is 10.3. The predicted molar refractivity (Wildman–Crippen MR) is 114 cm³/mol. The summed E-state index contributed by atoms with van der Waals surface area (Å²) in [5.41, 5.74) is 0.298. The summed E-state index contributed by atoms with van der Waals surface area (Å²) >= 11 is 6.01. The minimum absolute atomic E-state index is 0.151. The number of benzene rings is 1. The van der Waals surface area contributed by atoms with Gasteiger partial charge in [-0.25, -0.2) is 4.98 Å². The molecule has 2 N–H and O–H groups in total. The van der Waals surface area contributed by atoms with E-state index in [0.717, 1.165) is 34.8 Å². The third kappa shape index (κ3) is 3.91. The molecule has 0 spiro atoms. The van der Waals surface area contributed by atoms with Crippen molar-refractivity contribution >= 4 is 40.2 Å². The lowest BCUT2D eigenvalue weighted by Gasteiger charge is -2.32. The van der Waals surface area contributed by atoms with Crippen molar-refractivity contribution in [3.05, 3.63) is 40.8 Å². The zero-order valence-corrected chi connectivity index (χ0v) is 17.7. The van der Waals surface area contributed by atoms with E-state index >= 15 is 0 Å². The molecule has 1 aromatic carbocycles. The second kappa shape index (κ2) is 7.78. The third-order valence-corrected chi connectivity index (χ3v) is 5.59. The summed E-state index contributed by atoms with van der Waals surface area (Å²) in [5, 5.41) is 7.51. The summed E-state index contributed by atoms with van der Waals surface area (Å²) in [5.74, 6) is 0.965. The molecule has 0 bridgehead atoms. The van der Waals surface area contributed by atoms with Crippen LogP contribution in [0.5, 0.6) is 0 Å². The molecule has 3 aromatic heterocycles. The standard InChI is InChI=1S/C19H19ClF3N9/c1-30-4-6-31(7-5-30)18-28-16-12(19(21,22)23)9-25-32(16)17(29-18)24-10-15-26-13-3-2-11(20)8-14(13)27-15/h2-3,8-9H,4-7,10H2,1H3,(H,26,27)(H,24,28,29). The van der Waals surface area contributed by atoms with Crippen LogP contribution < -0.4 is 10.2 Å². The molecule has 1 fully saturated rings.